The lowest BCUT2D eigenvalue weighted by atomic mass is 10.1. The van der Waals surface area contributed by atoms with Crippen molar-refractivity contribution in [1.29, 1.82) is 0 Å². The molecule has 3 aromatic rings. The number of hydrogen-bond acceptors (Lipinski definition) is 3. The van der Waals surface area contributed by atoms with E-state index in [1.165, 1.54) is 4.90 Å². The molecule has 7 heteroatoms. The average molecular weight is 372 g/mol. The summed E-state index contributed by atoms with van der Waals surface area (Å²) in [6, 6.07) is 13.8. The van der Waals surface area contributed by atoms with E-state index in [9.17, 15) is 13.2 Å². The van der Waals surface area contributed by atoms with Crippen molar-refractivity contribution < 1.29 is 13.2 Å². The Balaban J connectivity index is 1.45. The summed E-state index contributed by atoms with van der Waals surface area (Å²) < 4.78 is 37.6. The summed E-state index contributed by atoms with van der Waals surface area (Å²) in [4.78, 5) is 13.6. The van der Waals surface area contributed by atoms with Crippen LogP contribution in [0, 0.1) is 0 Å². The summed E-state index contributed by atoms with van der Waals surface area (Å²) in [6.07, 6.45) is 0.0226. The molecular formula is C20H19F3N4. The molecule has 0 spiro atoms. The Kier molecular flexibility index (Phi) is 4.70. The minimum absolute atomic E-state index is 0.00217. The van der Waals surface area contributed by atoms with Gasteiger partial charge in [0, 0.05) is 29.8 Å². The number of pyridine rings is 1. The molecule has 1 fully saturated rings. The highest BCUT2D eigenvalue weighted by Gasteiger charge is 2.35. The zero-order valence-corrected chi connectivity index (χ0v) is 14.6. The lowest BCUT2D eigenvalue weighted by Crippen LogP contribution is -2.32. The number of alkyl halides is 3. The highest BCUT2D eigenvalue weighted by molar-refractivity contribution is 5.64. The van der Waals surface area contributed by atoms with Gasteiger partial charge in [0.1, 0.15) is 5.82 Å². The maximum atomic E-state index is 12.5. The third kappa shape index (κ3) is 4.19. The molecule has 1 N–H and O–H groups in total. The summed E-state index contributed by atoms with van der Waals surface area (Å²) >= 11 is 0. The van der Waals surface area contributed by atoms with Crippen LogP contribution in [-0.4, -0.2) is 45.7 Å². The van der Waals surface area contributed by atoms with Crippen molar-refractivity contribution in [2.24, 2.45) is 0 Å². The third-order valence-corrected chi connectivity index (χ3v) is 4.80. The van der Waals surface area contributed by atoms with Gasteiger partial charge in [-0.1, -0.05) is 30.3 Å². The van der Waals surface area contributed by atoms with Gasteiger partial charge in [-0.15, -0.1) is 0 Å². The van der Waals surface area contributed by atoms with Crippen molar-refractivity contribution >= 4 is 0 Å². The summed E-state index contributed by atoms with van der Waals surface area (Å²) in [5.74, 6) is 0.736. The van der Waals surface area contributed by atoms with Gasteiger partial charge in [0.2, 0.25) is 0 Å². The molecule has 1 saturated heterocycles. The summed E-state index contributed by atoms with van der Waals surface area (Å²) in [7, 11) is 0. The number of H-pyrrole nitrogens is 1. The average Bonchev–Trinajstić information content (AvgIpc) is 3.31. The number of benzene rings is 1. The molecule has 0 radical (unpaired) electrons. The molecule has 140 valence electrons. The monoisotopic (exact) mass is 372 g/mol. The number of aromatic amines is 1. The molecule has 3 heterocycles. The Morgan fingerprint density at radius 1 is 1.00 bits per heavy atom. The fourth-order valence-corrected chi connectivity index (χ4v) is 3.48. The molecule has 2 aromatic heterocycles. The maximum absolute atomic E-state index is 12.5. The number of nitrogens with one attached hydrogen (secondary N) is 1. The zero-order chi connectivity index (χ0) is 18.9. The fourth-order valence-electron chi connectivity index (χ4n) is 3.48. The standard InChI is InChI=1S/C20H19F3N4/c21-20(22,23)13-27-9-8-16(12-27)19-25-11-18(26-19)15-6-7-17(24-10-15)14-4-2-1-3-5-14/h1-7,10-11,16H,8-9,12-13H2,(H,25,26)/t16-/m1/s1. The lowest BCUT2D eigenvalue weighted by Gasteiger charge is -2.17. The third-order valence-electron chi connectivity index (χ3n) is 4.80. The van der Waals surface area contributed by atoms with E-state index in [2.05, 4.69) is 15.0 Å². The van der Waals surface area contributed by atoms with Gasteiger partial charge < -0.3 is 4.98 Å². The fraction of sp³-hybridized carbons (Fsp3) is 0.300. The van der Waals surface area contributed by atoms with E-state index in [4.69, 9.17) is 0 Å². The van der Waals surface area contributed by atoms with Crippen LogP contribution >= 0.6 is 0 Å². The summed E-state index contributed by atoms with van der Waals surface area (Å²) in [5, 5.41) is 0. The van der Waals surface area contributed by atoms with Crippen molar-refractivity contribution in [2.45, 2.75) is 18.5 Å². The molecule has 1 aromatic carbocycles. The molecule has 0 bridgehead atoms. The highest BCUT2D eigenvalue weighted by Crippen LogP contribution is 2.29. The van der Waals surface area contributed by atoms with Gasteiger partial charge in [-0.05, 0) is 25.1 Å². The molecule has 27 heavy (non-hydrogen) atoms. The van der Waals surface area contributed by atoms with Crippen LogP contribution in [0.4, 0.5) is 13.2 Å². The molecule has 1 atom stereocenters. The van der Waals surface area contributed by atoms with Gasteiger partial charge in [0.15, 0.2) is 0 Å². The number of halogens is 3. The van der Waals surface area contributed by atoms with Crippen LogP contribution in [0.3, 0.4) is 0 Å². The highest BCUT2D eigenvalue weighted by atomic mass is 19.4. The van der Waals surface area contributed by atoms with Crippen LogP contribution < -0.4 is 0 Å². The molecule has 0 saturated carbocycles. The van der Waals surface area contributed by atoms with Gasteiger partial charge in [-0.3, -0.25) is 9.88 Å². The molecule has 0 amide bonds. The molecule has 0 unspecified atom stereocenters. The molecule has 4 nitrogen and oxygen atoms in total. The van der Waals surface area contributed by atoms with Crippen molar-refractivity contribution in [3.05, 3.63) is 60.7 Å². The second-order valence-corrected chi connectivity index (χ2v) is 6.82. The summed E-state index contributed by atoms with van der Waals surface area (Å²) in [6.45, 7) is -0.0485. The smallest absolute Gasteiger partial charge is 0.342 e. The van der Waals surface area contributed by atoms with Crippen LogP contribution in [0.5, 0.6) is 0 Å². The van der Waals surface area contributed by atoms with Gasteiger partial charge in [-0.2, -0.15) is 13.2 Å². The van der Waals surface area contributed by atoms with Crippen molar-refractivity contribution in [3.63, 3.8) is 0 Å². The quantitative estimate of drug-likeness (QED) is 0.734. The first-order valence-corrected chi connectivity index (χ1v) is 8.84. The topological polar surface area (TPSA) is 44.8 Å². The first kappa shape index (κ1) is 17.7. The largest absolute Gasteiger partial charge is 0.401 e. The zero-order valence-electron chi connectivity index (χ0n) is 14.6. The van der Waals surface area contributed by atoms with Crippen LogP contribution in [0.1, 0.15) is 18.2 Å². The molecule has 0 aliphatic carbocycles. The van der Waals surface area contributed by atoms with Crippen LogP contribution in [-0.2, 0) is 0 Å². The van der Waals surface area contributed by atoms with Gasteiger partial charge in [-0.25, -0.2) is 4.98 Å². The Morgan fingerprint density at radius 3 is 2.52 bits per heavy atom. The van der Waals surface area contributed by atoms with Crippen molar-refractivity contribution in [1.82, 2.24) is 19.9 Å². The Morgan fingerprint density at radius 2 is 1.81 bits per heavy atom. The number of imidazole rings is 1. The number of nitrogens with zero attached hydrogens (tertiary/aromatic N) is 3. The van der Waals surface area contributed by atoms with Crippen LogP contribution in [0.25, 0.3) is 22.5 Å². The molecule has 4 rings (SSSR count). The SMILES string of the molecule is FC(F)(F)CN1CC[C@@H](c2ncc(-c3ccc(-c4ccccc4)nc3)[nH]2)C1. The van der Waals surface area contributed by atoms with E-state index in [-0.39, 0.29) is 5.92 Å². The number of rotatable bonds is 4. The predicted molar refractivity (Wildman–Crippen MR) is 97.1 cm³/mol. The minimum Gasteiger partial charge on any atom is -0.342 e. The first-order chi connectivity index (χ1) is 13.0. The Bertz CT molecular complexity index is 888. The van der Waals surface area contributed by atoms with E-state index in [1.807, 2.05) is 42.5 Å². The van der Waals surface area contributed by atoms with Crippen LogP contribution in [0.2, 0.25) is 0 Å². The van der Waals surface area contributed by atoms with E-state index in [0.717, 1.165) is 28.3 Å². The number of likely N-dealkylation sites (tertiary alicyclic amines) is 1. The second kappa shape index (κ2) is 7.15. The summed E-state index contributed by atoms with van der Waals surface area (Å²) in [5.41, 5.74) is 3.66. The van der Waals surface area contributed by atoms with Gasteiger partial charge in [0.25, 0.3) is 0 Å². The van der Waals surface area contributed by atoms with Crippen molar-refractivity contribution in [2.75, 3.05) is 19.6 Å². The van der Waals surface area contributed by atoms with E-state index in [1.54, 1.807) is 12.4 Å². The lowest BCUT2D eigenvalue weighted by molar-refractivity contribution is -0.143. The maximum Gasteiger partial charge on any atom is 0.401 e. The normalized spacial score (nSPS) is 18.1. The van der Waals surface area contributed by atoms with E-state index >= 15 is 0 Å². The van der Waals surface area contributed by atoms with Crippen LogP contribution in [0.15, 0.2) is 54.9 Å². The van der Waals surface area contributed by atoms with E-state index < -0.39 is 12.7 Å². The Hall–Kier alpha value is -2.67. The predicted octanol–water partition coefficient (Wildman–Crippen LogP) is 4.49. The first-order valence-electron chi connectivity index (χ1n) is 8.84. The van der Waals surface area contributed by atoms with Gasteiger partial charge in [0.05, 0.1) is 24.1 Å². The Labute approximate surface area is 155 Å². The molecule has 1 aliphatic heterocycles. The van der Waals surface area contributed by atoms with Gasteiger partial charge >= 0.3 is 6.18 Å². The number of aromatic nitrogens is 3. The van der Waals surface area contributed by atoms with Crippen molar-refractivity contribution in [3.8, 4) is 22.5 Å². The van der Waals surface area contributed by atoms with E-state index in [0.29, 0.717) is 19.5 Å². The molecular weight excluding hydrogens is 353 g/mol. The molecule has 1 aliphatic rings. The minimum atomic E-state index is -4.16. The second-order valence-electron chi connectivity index (χ2n) is 6.82. The number of hydrogen-bond donors (Lipinski definition) is 1.